The second-order valence-electron chi connectivity index (χ2n) is 8.59. The minimum Gasteiger partial charge on any atom is -0.381 e. The molecule has 5 rings (SSSR count). The summed E-state index contributed by atoms with van der Waals surface area (Å²) in [4.78, 5) is 13.5. The molecule has 1 saturated heterocycles. The van der Waals surface area contributed by atoms with Gasteiger partial charge < -0.3 is 20.4 Å². The molecule has 0 radical (unpaired) electrons. The van der Waals surface area contributed by atoms with Crippen molar-refractivity contribution in [1.29, 1.82) is 0 Å². The highest BCUT2D eigenvalue weighted by Crippen LogP contribution is 2.35. The topological polar surface area (TPSA) is 90.9 Å². The Morgan fingerprint density at radius 1 is 1.06 bits per heavy atom. The zero-order valence-corrected chi connectivity index (χ0v) is 18.6. The third-order valence-corrected chi connectivity index (χ3v) is 6.46. The van der Waals surface area contributed by atoms with Crippen LogP contribution >= 0.6 is 0 Å². The zero-order valence-electron chi connectivity index (χ0n) is 18.6. The number of para-hydroxylation sites is 2. The molecule has 0 atom stereocenters. The number of fused-ring (bicyclic) bond motifs is 1. The molecule has 0 unspecified atom stereocenters. The van der Waals surface area contributed by atoms with Crippen LogP contribution in [0, 0.1) is 12.7 Å². The predicted octanol–water partition coefficient (Wildman–Crippen LogP) is 4.06. The summed E-state index contributed by atoms with van der Waals surface area (Å²) in [5.74, 6) is 1.55. The van der Waals surface area contributed by atoms with Gasteiger partial charge in [-0.2, -0.15) is 4.98 Å². The van der Waals surface area contributed by atoms with Crippen LogP contribution in [0.15, 0.2) is 54.6 Å². The number of nitrogens with zero attached hydrogens (tertiary/aromatic N) is 4. The Morgan fingerprint density at radius 2 is 1.88 bits per heavy atom. The number of anilines is 2. The SMILES string of the molecule is Cc1nc2ccccc2n1Cc1cc(NCC2(c3cccc(F)c3)CCOCC2)nc(N)n1. The summed E-state index contributed by atoms with van der Waals surface area (Å²) in [6, 6.07) is 16.8. The highest BCUT2D eigenvalue weighted by Gasteiger charge is 2.34. The lowest BCUT2D eigenvalue weighted by Crippen LogP contribution is -2.40. The Hall–Kier alpha value is -3.52. The van der Waals surface area contributed by atoms with Crippen molar-refractivity contribution in [1.82, 2.24) is 19.5 Å². The predicted molar refractivity (Wildman–Crippen MR) is 127 cm³/mol. The molecule has 8 heteroatoms. The van der Waals surface area contributed by atoms with Crippen molar-refractivity contribution in [3.63, 3.8) is 0 Å². The summed E-state index contributed by atoms with van der Waals surface area (Å²) in [6.45, 7) is 4.40. The molecule has 7 nitrogen and oxygen atoms in total. The maximum atomic E-state index is 14.0. The zero-order chi connectivity index (χ0) is 22.8. The molecule has 1 fully saturated rings. The van der Waals surface area contributed by atoms with Crippen LogP contribution in [0.1, 0.15) is 29.9 Å². The van der Waals surface area contributed by atoms with Crippen LogP contribution in [0.25, 0.3) is 11.0 Å². The van der Waals surface area contributed by atoms with E-state index in [-0.39, 0.29) is 17.2 Å². The number of hydrogen-bond acceptors (Lipinski definition) is 6. The minimum atomic E-state index is -0.239. The van der Waals surface area contributed by atoms with E-state index in [0.717, 1.165) is 41.0 Å². The molecule has 0 spiro atoms. The summed E-state index contributed by atoms with van der Waals surface area (Å²) in [6.07, 6.45) is 1.61. The third-order valence-electron chi connectivity index (χ3n) is 6.46. The number of aromatic nitrogens is 4. The van der Waals surface area contributed by atoms with Crippen molar-refractivity contribution in [3.05, 3.63) is 77.5 Å². The van der Waals surface area contributed by atoms with E-state index < -0.39 is 0 Å². The molecule has 0 bridgehead atoms. The Labute approximate surface area is 191 Å². The van der Waals surface area contributed by atoms with Crippen molar-refractivity contribution in [3.8, 4) is 0 Å². The molecule has 2 aromatic heterocycles. The summed E-state index contributed by atoms with van der Waals surface area (Å²) in [7, 11) is 0. The van der Waals surface area contributed by atoms with E-state index in [1.807, 2.05) is 43.3 Å². The van der Waals surface area contributed by atoms with Gasteiger partial charge in [0.05, 0.1) is 23.3 Å². The molecule has 4 aromatic rings. The first kappa shape index (κ1) is 21.3. The molecule has 33 heavy (non-hydrogen) atoms. The van der Waals surface area contributed by atoms with Gasteiger partial charge >= 0.3 is 0 Å². The fourth-order valence-electron chi connectivity index (χ4n) is 4.65. The van der Waals surface area contributed by atoms with E-state index >= 15 is 0 Å². The number of nitrogen functional groups attached to an aromatic ring is 1. The van der Waals surface area contributed by atoms with Gasteiger partial charge in [-0.05, 0) is 49.6 Å². The first-order valence-corrected chi connectivity index (χ1v) is 11.2. The van der Waals surface area contributed by atoms with Crippen molar-refractivity contribution in [2.24, 2.45) is 0 Å². The molecule has 3 N–H and O–H groups in total. The number of hydrogen-bond donors (Lipinski definition) is 2. The maximum absolute atomic E-state index is 14.0. The number of benzene rings is 2. The lowest BCUT2D eigenvalue weighted by atomic mass is 9.74. The fourth-order valence-corrected chi connectivity index (χ4v) is 4.65. The average Bonchev–Trinajstić information content (AvgIpc) is 3.13. The summed E-state index contributed by atoms with van der Waals surface area (Å²) < 4.78 is 21.7. The number of nitrogens with two attached hydrogens (primary N) is 1. The van der Waals surface area contributed by atoms with Crippen LogP contribution in [0.5, 0.6) is 0 Å². The molecule has 0 saturated carbocycles. The summed E-state index contributed by atoms with van der Waals surface area (Å²) in [5.41, 5.74) is 9.58. The first-order chi connectivity index (χ1) is 16.0. The molecule has 0 aliphatic carbocycles. The standard InChI is InChI=1S/C25H27FN6O/c1-17-29-21-7-2-3-8-22(21)32(17)15-20-14-23(31-24(27)30-20)28-16-25(9-11-33-12-10-25)18-5-4-6-19(26)13-18/h2-8,13-14H,9-12,15-16H2,1H3,(H3,27,28,30,31). The number of nitrogens with one attached hydrogen (secondary N) is 1. The number of halogens is 1. The van der Waals surface area contributed by atoms with E-state index in [0.29, 0.717) is 32.1 Å². The molecule has 2 aromatic carbocycles. The first-order valence-electron chi connectivity index (χ1n) is 11.2. The van der Waals surface area contributed by atoms with Gasteiger partial charge in [0.2, 0.25) is 5.95 Å². The van der Waals surface area contributed by atoms with Crippen LogP contribution in [-0.2, 0) is 16.7 Å². The Morgan fingerprint density at radius 3 is 2.70 bits per heavy atom. The van der Waals surface area contributed by atoms with Gasteiger partial charge in [-0.15, -0.1) is 0 Å². The van der Waals surface area contributed by atoms with Gasteiger partial charge in [0.25, 0.3) is 0 Å². The molecule has 170 valence electrons. The molecular formula is C25H27FN6O. The highest BCUT2D eigenvalue weighted by atomic mass is 19.1. The second-order valence-corrected chi connectivity index (χ2v) is 8.59. The van der Waals surface area contributed by atoms with Crippen LogP contribution in [0.4, 0.5) is 16.2 Å². The van der Waals surface area contributed by atoms with E-state index in [9.17, 15) is 4.39 Å². The number of imidazole rings is 1. The molecule has 3 heterocycles. The molecule has 1 aliphatic heterocycles. The van der Waals surface area contributed by atoms with Gasteiger partial charge in [0.15, 0.2) is 0 Å². The number of rotatable bonds is 6. The van der Waals surface area contributed by atoms with Gasteiger partial charge in [-0.25, -0.2) is 14.4 Å². The van der Waals surface area contributed by atoms with Crippen molar-refractivity contribution in [2.45, 2.75) is 31.7 Å². The van der Waals surface area contributed by atoms with Gasteiger partial charge in [-0.3, -0.25) is 0 Å². The summed E-state index contributed by atoms with van der Waals surface area (Å²) in [5, 5.41) is 3.45. The van der Waals surface area contributed by atoms with Crippen LogP contribution in [0.3, 0.4) is 0 Å². The lowest BCUT2D eigenvalue weighted by molar-refractivity contribution is 0.0542. The van der Waals surface area contributed by atoms with E-state index in [1.165, 1.54) is 6.07 Å². The van der Waals surface area contributed by atoms with Crippen molar-refractivity contribution in [2.75, 3.05) is 30.8 Å². The number of ether oxygens (including phenoxy) is 1. The monoisotopic (exact) mass is 446 g/mol. The number of aryl methyl sites for hydroxylation is 1. The normalized spacial score (nSPS) is 15.6. The van der Waals surface area contributed by atoms with E-state index in [1.54, 1.807) is 12.1 Å². The second kappa shape index (κ2) is 8.78. The van der Waals surface area contributed by atoms with Crippen molar-refractivity contribution < 1.29 is 9.13 Å². The van der Waals surface area contributed by atoms with Gasteiger partial charge in [0.1, 0.15) is 17.5 Å². The van der Waals surface area contributed by atoms with E-state index in [4.69, 9.17) is 10.5 Å². The maximum Gasteiger partial charge on any atom is 0.222 e. The average molecular weight is 447 g/mol. The van der Waals surface area contributed by atoms with Crippen LogP contribution < -0.4 is 11.1 Å². The molecular weight excluding hydrogens is 419 g/mol. The van der Waals surface area contributed by atoms with E-state index in [2.05, 4.69) is 24.8 Å². The largest absolute Gasteiger partial charge is 0.381 e. The molecule has 1 aliphatic rings. The fraction of sp³-hybridized carbons (Fsp3) is 0.320. The smallest absolute Gasteiger partial charge is 0.222 e. The Bertz CT molecular complexity index is 1280. The Balaban J connectivity index is 1.40. The summed E-state index contributed by atoms with van der Waals surface area (Å²) >= 11 is 0. The van der Waals surface area contributed by atoms with Crippen LogP contribution in [-0.4, -0.2) is 39.3 Å². The Kier molecular flexibility index (Phi) is 5.68. The minimum absolute atomic E-state index is 0.212. The van der Waals surface area contributed by atoms with Gasteiger partial charge in [0, 0.05) is 31.2 Å². The van der Waals surface area contributed by atoms with Crippen LogP contribution in [0.2, 0.25) is 0 Å². The lowest BCUT2D eigenvalue weighted by Gasteiger charge is -2.38. The third kappa shape index (κ3) is 4.39. The highest BCUT2D eigenvalue weighted by molar-refractivity contribution is 5.76. The molecule has 0 amide bonds. The van der Waals surface area contributed by atoms with Gasteiger partial charge in [-0.1, -0.05) is 24.3 Å². The quantitative estimate of drug-likeness (QED) is 0.464. The van der Waals surface area contributed by atoms with Crippen molar-refractivity contribution >= 4 is 22.8 Å².